The Morgan fingerprint density at radius 1 is 1.13 bits per heavy atom. The van der Waals surface area contributed by atoms with Crippen LogP contribution in [-0.2, 0) is 6.54 Å². The molecular weight excluding hydrogens is 329 g/mol. The van der Waals surface area contributed by atoms with Crippen molar-refractivity contribution in [2.75, 3.05) is 13.7 Å². The van der Waals surface area contributed by atoms with Gasteiger partial charge >= 0.3 is 0 Å². The van der Waals surface area contributed by atoms with Gasteiger partial charge in [-0.1, -0.05) is 53.5 Å². The van der Waals surface area contributed by atoms with Gasteiger partial charge in [-0.25, -0.2) is 0 Å². The average Bonchev–Trinajstić information content (AvgIpc) is 2.91. The van der Waals surface area contributed by atoms with Crippen molar-refractivity contribution in [2.24, 2.45) is 0 Å². The third-order valence-electron chi connectivity index (χ3n) is 4.64. The van der Waals surface area contributed by atoms with Crippen molar-refractivity contribution in [3.05, 3.63) is 63.6 Å². The maximum Gasteiger partial charge on any atom is 0.123 e. The summed E-state index contributed by atoms with van der Waals surface area (Å²) in [5, 5.41) is 1.14. The Kier molecular flexibility index (Phi) is 5.15. The molecule has 122 valence electrons. The summed E-state index contributed by atoms with van der Waals surface area (Å²) in [6.45, 7) is 4.26. The number of methoxy groups -OCH3 is 1. The van der Waals surface area contributed by atoms with E-state index in [2.05, 4.69) is 42.2 Å². The summed E-state index contributed by atoms with van der Waals surface area (Å²) in [5.74, 6) is 1.25. The minimum Gasteiger partial charge on any atom is -0.496 e. The number of benzene rings is 2. The summed E-state index contributed by atoms with van der Waals surface area (Å²) in [6, 6.07) is 14.9. The van der Waals surface area contributed by atoms with E-state index >= 15 is 0 Å². The lowest BCUT2D eigenvalue weighted by molar-refractivity contribution is 0.258. The molecule has 0 saturated carbocycles. The van der Waals surface area contributed by atoms with Crippen LogP contribution >= 0.6 is 23.2 Å². The van der Waals surface area contributed by atoms with Crippen LogP contribution in [-0.4, -0.2) is 24.6 Å². The number of hydrogen-bond donors (Lipinski definition) is 0. The lowest BCUT2D eigenvalue weighted by Gasteiger charge is -2.21. The summed E-state index contributed by atoms with van der Waals surface area (Å²) in [4.78, 5) is 2.52. The Hall–Kier alpha value is -1.22. The molecule has 1 heterocycles. The molecule has 0 N–H and O–H groups in total. The van der Waals surface area contributed by atoms with Crippen molar-refractivity contribution < 1.29 is 4.74 Å². The zero-order chi connectivity index (χ0) is 16.4. The zero-order valence-corrected chi connectivity index (χ0v) is 14.9. The first-order valence-corrected chi connectivity index (χ1v) is 8.65. The Balaban J connectivity index is 1.80. The van der Waals surface area contributed by atoms with Crippen LogP contribution in [0.3, 0.4) is 0 Å². The number of ether oxygens (including phenoxy) is 1. The van der Waals surface area contributed by atoms with Crippen molar-refractivity contribution in [2.45, 2.75) is 31.8 Å². The van der Waals surface area contributed by atoms with Gasteiger partial charge < -0.3 is 4.74 Å². The summed E-state index contributed by atoms with van der Waals surface area (Å²) in [6.07, 6.45) is 1.10. The first-order valence-electron chi connectivity index (χ1n) is 7.89. The van der Waals surface area contributed by atoms with Crippen LogP contribution in [0.25, 0.3) is 0 Å². The van der Waals surface area contributed by atoms with Crippen LogP contribution in [0.1, 0.15) is 30.4 Å². The van der Waals surface area contributed by atoms with Crippen LogP contribution in [0.4, 0.5) is 0 Å². The van der Waals surface area contributed by atoms with Gasteiger partial charge in [-0.3, -0.25) is 4.90 Å². The molecule has 0 radical (unpaired) electrons. The van der Waals surface area contributed by atoms with E-state index in [-0.39, 0.29) is 0 Å². The average molecular weight is 350 g/mol. The Morgan fingerprint density at radius 3 is 2.52 bits per heavy atom. The SMILES string of the molecule is COc1cc(Cl)c(Cl)cc1C1CC(C)N(Cc2ccccc2)C1. The van der Waals surface area contributed by atoms with E-state index < -0.39 is 0 Å². The predicted octanol–water partition coefficient (Wildman–Crippen LogP) is 5.38. The third kappa shape index (κ3) is 3.65. The molecule has 0 bridgehead atoms. The van der Waals surface area contributed by atoms with Gasteiger partial charge in [0.05, 0.1) is 17.2 Å². The molecule has 0 aromatic heterocycles. The fourth-order valence-corrected chi connectivity index (χ4v) is 3.73. The molecule has 23 heavy (non-hydrogen) atoms. The monoisotopic (exact) mass is 349 g/mol. The first kappa shape index (κ1) is 16.6. The third-order valence-corrected chi connectivity index (χ3v) is 5.37. The summed E-state index contributed by atoms with van der Waals surface area (Å²) < 4.78 is 5.52. The number of likely N-dealkylation sites (tertiary alicyclic amines) is 1. The van der Waals surface area contributed by atoms with Crippen LogP contribution in [0.15, 0.2) is 42.5 Å². The molecule has 4 heteroatoms. The van der Waals surface area contributed by atoms with Gasteiger partial charge in [0.25, 0.3) is 0 Å². The number of hydrogen-bond acceptors (Lipinski definition) is 2. The minimum absolute atomic E-state index is 0.415. The number of rotatable bonds is 4. The summed E-state index contributed by atoms with van der Waals surface area (Å²) in [7, 11) is 1.68. The second-order valence-corrected chi connectivity index (χ2v) is 7.02. The van der Waals surface area contributed by atoms with Crippen LogP contribution in [0.2, 0.25) is 10.0 Å². The second-order valence-electron chi connectivity index (χ2n) is 6.20. The van der Waals surface area contributed by atoms with Crippen molar-refractivity contribution >= 4 is 23.2 Å². The Bertz CT molecular complexity index is 675. The van der Waals surface area contributed by atoms with Gasteiger partial charge in [-0.15, -0.1) is 0 Å². The maximum atomic E-state index is 6.22. The lowest BCUT2D eigenvalue weighted by atomic mass is 9.96. The van der Waals surface area contributed by atoms with E-state index in [0.29, 0.717) is 22.0 Å². The lowest BCUT2D eigenvalue weighted by Crippen LogP contribution is -2.26. The van der Waals surface area contributed by atoms with Crippen molar-refractivity contribution in [1.82, 2.24) is 4.90 Å². The second kappa shape index (κ2) is 7.12. The molecular formula is C19H21Cl2NO. The largest absolute Gasteiger partial charge is 0.496 e. The fraction of sp³-hybridized carbons (Fsp3) is 0.368. The highest BCUT2D eigenvalue weighted by molar-refractivity contribution is 6.42. The molecule has 1 saturated heterocycles. The summed E-state index contributed by atoms with van der Waals surface area (Å²) >= 11 is 12.3. The molecule has 2 atom stereocenters. The molecule has 3 rings (SSSR count). The molecule has 1 fully saturated rings. The predicted molar refractivity (Wildman–Crippen MR) is 96.7 cm³/mol. The highest BCUT2D eigenvalue weighted by Crippen LogP contribution is 2.40. The number of nitrogens with zero attached hydrogens (tertiary/aromatic N) is 1. The highest BCUT2D eigenvalue weighted by Gasteiger charge is 2.32. The van der Waals surface area contributed by atoms with Gasteiger partial charge in [-0.05, 0) is 25.0 Å². The quantitative estimate of drug-likeness (QED) is 0.734. The van der Waals surface area contributed by atoms with E-state index in [1.807, 2.05) is 12.1 Å². The van der Waals surface area contributed by atoms with Gasteiger partial charge in [0.1, 0.15) is 5.75 Å². The van der Waals surface area contributed by atoms with Gasteiger partial charge in [0, 0.05) is 36.7 Å². The fourth-order valence-electron chi connectivity index (χ4n) is 3.40. The molecule has 0 amide bonds. The zero-order valence-electron chi connectivity index (χ0n) is 13.4. The van der Waals surface area contributed by atoms with Crippen molar-refractivity contribution in [3.8, 4) is 5.75 Å². The molecule has 1 aliphatic heterocycles. The van der Waals surface area contributed by atoms with Crippen LogP contribution < -0.4 is 4.74 Å². The van der Waals surface area contributed by atoms with Gasteiger partial charge in [0.15, 0.2) is 0 Å². The number of halogens is 2. The van der Waals surface area contributed by atoms with Crippen LogP contribution in [0, 0.1) is 0 Å². The maximum absolute atomic E-state index is 6.22. The molecule has 2 nitrogen and oxygen atoms in total. The first-order chi connectivity index (χ1) is 11.1. The highest BCUT2D eigenvalue weighted by atomic mass is 35.5. The van der Waals surface area contributed by atoms with E-state index in [0.717, 1.165) is 30.8 Å². The minimum atomic E-state index is 0.415. The molecule has 2 aromatic carbocycles. The standard InChI is InChI=1S/C19H21Cl2NO/c1-13-8-15(12-22(13)11-14-6-4-3-5-7-14)16-9-17(20)18(21)10-19(16)23-2/h3-7,9-10,13,15H,8,11-12H2,1-2H3. The normalized spacial score (nSPS) is 21.6. The molecule has 0 spiro atoms. The molecule has 2 aromatic rings. The smallest absolute Gasteiger partial charge is 0.123 e. The molecule has 1 aliphatic rings. The van der Waals surface area contributed by atoms with E-state index in [4.69, 9.17) is 27.9 Å². The van der Waals surface area contributed by atoms with E-state index in [1.54, 1.807) is 7.11 Å². The topological polar surface area (TPSA) is 12.5 Å². The van der Waals surface area contributed by atoms with Crippen LogP contribution in [0.5, 0.6) is 5.75 Å². The van der Waals surface area contributed by atoms with Gasteiger partial charge in [0.2, 0.25) is 0 Å². The van der Waals surface area contributed by atoms with Gasteiger partial charge in [-0.2, -0.15) is 0 Å². The Labute approximate surface area is 148 Å². The summed E-state index contributed by atoms with van der Waals surface area (Å²) in [5.41, 5.74) is 2.51. The van der Waals surface area contributed by atoms with E-state index in [9.17, 15) is 0 Å². The van der Waals surface area contributed by atoms with Crippen molar-refractivity contribution in [1.29, 1.82) is 0 Å². The molecule has 2 unspecified atom stereocenters. The van der Waals surface area contributed by atoms with E-state index in [1.165, 1.54) is 5.56 Å². The van der Waals surface area contributed by atoms with Crippen molar-refractivity contribution in [3.63, 3.8) is 0 Å². The Morgan fingerprint density at radius 2 is 1.83 bits per heavy atom. The molecule has 0 aliphatic carbocycles.